The Morgan fingerprint density at radius 3 is 2.50 bits per heavy atom. The highest BCUT2D eigenvalue weighted by Gasteiger charge is 2.16. The maximum Gasteiger partial charge on any atom is 0.253 e. The number of rotatable bonds is 6. The molecule has 0 saturated heterocycles. The van der Waals surface area contributed by atoms with Gasteiger partial charge in [0.1, 0.15) is 0 Å². The third kappa shape index (κ3) is 3.78. The van der Waals surface area contributed by atoms with Gasteiger partial charge < -0.3 is 5.32 Å². The molecule has 0 aliphatic heterocycles. The molecule has 1 atom stereocenters. The summed E-state index contributed by atoms with van der Waals surface area (Å²) < 4.78 is 24.0. The minimum absolute atomic E-state index is 0.166. The van der Waals surface area contributed by atoms with Crippen LogP contribution in [0, 0.1) is 0 Å². The molecule has 0 aliphatic carbocycles. The zero-order valence-electron chi connectivity index (χ0n) is 11.3. The molecule has 0 aromatic heterocycles. The maximum atomic E-state index is 12.0. The number of hydrazine groups is 1. The zero-order valence-corrected chi connectivity index (χ0v) is 12.1. The van der Waals surface area contributed by atoms with Gasteiger partial charge in [0.25, 0.3) is 10.0 Å². The van der Waals surface area contributed by atoms with E-state index in [4.69, 9.17) is 0 Å². The van der Waals surface area contributed by atoms with Gasteiger partial charge in [0, 0.05) is 20.1 Å². The Morgan fingerprint density at radius 1 is 1.33 bits per heavy atom. The van der Waals surface area contributed by atoms with E-state index in [2.05, 4.69) is 17.1 Å². The maximum absolute atomic E-state index is 12.0. The Bertz CT molecular complexity index is 482. The highest BCUT2D eigenvalue weighted by Crippen LogP contribution is 2.19. The minimum atomic E-state index is -3.48. The highest BCUT2D eigenvalue weighted by molar-refractivity contribution is 7.89. The predicted octanol–water partition coefficient (Wildman–Crippen LogP) is 1.11. The van der Waals surface area contributed by atoms with Gasteiger partial charge in [-0.25, -0.2) is 13.4 Å². The molecule has 0 spiro atoms. The van der Waals surface area contributed by atoms with Gasteiger partial charge in [0.15, 0.2) is 0 Å². The number of hydrogen-bond acceptors (Lipinski definition) is 4. The first-order valence-corrected chi connectivity index (χ1v) is 7.36. The average molecular weight is 271 g/mol. The fourth-order valence-electron chi connectivity index (χ4n) is 1.80. The van der Waals surface area contributed by atoms with E-state index in [9.17, 15) is 8.42 Å². The van der Waals surface area contributed by atoms with Crippen LogP contribution in [0.25, 0.3) is 0 Å². The molecule has 0 radical (unpaired) electrons. The van der Waals surface area contributed by atoms with Gasteiger partial charge in [-0.2, -0.15) is 0 Å². The number of sulfonamides is 1. The normalized spacial score (nSPS) is 13.8. The van der Waals surface area contributed by atoms with Crippen molar-refractivity contribution >= 4 is 10.0 Å². The summed E-state index contributed by atoms with van der Waals surface area (Å²) in [6.45, 7) is 2.06. The summed E-state index contributed by atoms with van der Waals surface area (Å²) in [5.41, 5.74) is 0.974. The van der Waals surface area contributed by atoms with E-state index in [1.807, 2.05) is 13.1 Å². The monoisotopic (exact) mass is 271 g/mol. The lowest BCUT2D eigenvalue weighted by molar-refractivity contribution is 0.364. The molecule has 0 aliphatic rings. The fourth-order valence-corrected chi connectivity index (χ4v) is 2.93. The van der Waals surface area contributed by atoms with Gasteiger partial charge >= 0.3 is 0 Å². The van der Waals surface area contributed by atoms with E-state index in [0.29, 0.717) is 0 Å². The third-order valence-electron chi connectivity index (χ3n) is 2.63. The molecular weight excluding hydrogens is 250 g/mol. The standard InChI is InChI=1S/C12H21N3O2S/c1-5-12(13-2)10-7-6-8-11(9-10)18(16,17)14-15(3)4/h6-9,12-14H,5H2,1-4H3. The first-order valence-electron chi connectivity index (χ1n) is 5.87. The largest absolute Gasteiger partial charge is 0.313 e. The van der Waals surface area contributed by atoms with Gasteiger partial charge in [-0.15, -0.1) is 4.83 Å². The molecule has 18 heavy (non-hydrogen) atoms. The van der Waals surface area contributed by atoms with Gasteiger partial charge in [-0.05, 0) is 31.2 Å². The summed E-state index contributed by atoms with van der Waals surface area (Å²) in [7, 11) is 1.67. The molecule has 1 aromatic carbocycles. The summed E-state index contributed by atoms with van der Waals surface area (Å²) in [6, 6.07) is 7.16. The van der Waals surface area contributed by atoms with Crippen molar-refractivity contribution in [1.82, 2.24) is 15.2 Å². The van der Waals surface area contributed by atoms with Crippen LogP contribution in [0.1, 0.15) is 24.9 Å². The SMILES string of the molecule is CCC(NC)c1cccc(S(=O)(=O)NN(C)C)c1. The van der Waals surface area contributed by atoms with Gasteiger partial charge in [0.05, 0.1) is 4.90 Å². The van der Waals surface area contributed by atoms with Crippen LogP contribution in [0.2, 0.25) is 0 Å². The second-order valence-electron chi connectivity index (χ2n) is 4.31. The van der Waals surface area contributed by atoms with Crippen molar-refractivity contribution in [1.29, 1.82) is 0 Å². The lowest BCUT2D eigenvalue weighted by Crippen LogP contribution is -2.36. The van der Waals surface area contributed by atoms with Crippen molar-refractivity contribution in [3.63, 3.8) is 0 Å². The number of hydrogen-bond donors (Lipinski definition) is 2. The van der Waals surface area contributed by atoms with E-state index >= 15 is 0 Å². The molecule has 0 amide bonds. The van der Waals surface area contributed by atoms with Crippen LogP contribution in [0.3, 0.4) is 0 Å². The molecule has 1 aromatic rings. The van der Waals surface area contributed by atoms with Crippen molar-refractivity contribution in [2.45, 2.75) is 24.3 Å². The molecule has 6 heteroatoms. The van der Waals surface area contributed by atoms with Crippen molar-refractivity contribution in [2.24, 2.45) is 0 Å². The summed E-state index contributed by atoms with van der Waals surface area (Å²) in [4.78, 5) is 2.70. The summed E-state index contributed by atoms with van der Waals surface area (Å²) in [5.74, 6) is 0. The Morgan fingerprint density at radius 2 is 2.00 bits per heavy atom. The first-order chi connectivity index (χ1) is 8.40. The van der Waals surface area contributed by atoms with Gasteiger partial charge in [0.2, 0.25) is 0 Å². The van der Waals surface area contributed by atoms with E-state index in [1.54, 1.807) is 32.3 Å². The van der Waals surface area contributed by atoms with Crippen LogP contribution in [-0.4, -0.2) is 34.6 Å². The highest BCUT2D eigenvalue weighted by atomic mass is 32.2. The Hall–Kier alpha value is -0.950. The fraction of sp³-hybridized carbons (Fsp3) is 0.500. The molecule has 0 bridgehead atoms. The molecule has 1 rings (SSSR count). The average Bonchev–Trinajstić information content (AvgIpc) is 2.29. The lowest BCUT2D eigenvalue weighted by atomic mass is 10.1. The van der Waals surface area contributed by atoms with Crippen LogP contribution < -0.4 is 10.1 Å². The Kier molecular flexibility index (Phi) is 5.28. The zero-order chi connectivity index (χ0) is 13.8. The molecule has 0 saturated carbocycles. The number of nitrogens with zero attached hydrogens (tertiary/aromatic N) is 1. The smallest absolute Gasteiger partial charge is 0.253 e. The Balaban J connectivity index is 3.09. The summed E-state index contributed by atoms with van der Waals surface area (Å²) in [6.07, 6.45) is 0.904. The number of nitrogens with one attached hydrogen (secondary N) is 2. The quantitative estimate of drug-likeness (QED) is 0.761. The molecule has 2 N–H and O–H groups in total. The van der Waals surface area contributed by atoms with Crippen molar-refractivity contribution in [2.75, 3.05) is 21.1 Å². The third-order valence-corrected chi connectivity index (χ3v) is 4.11. The topological polar surface area (TPSA) is 61.4 Å². The number of benzene rings is 1. The Labute approximate surface area is 109 Å². The van der Waals surface area contributed by atoms with E-state index in [1.165, 1.54) is 5.01 Å². The van der Waals surface area contributed by atoms with Gasteiger partial charge in [-0.1, -0.05) is 19.1 Å². The lowest BCUT2D eigenvalue weighted by Gasteiger charge is -2.17. The van der Waals surface area contributed by atoms with Crippen molar-refractivity contribution in [3.8, 4) is 0 Å². The molecule has 0 fully saturated rings. The molecule has 5 nitrogen and oxygen atoms in total. The van der Waals surface area contributed by atoms with Crippen LogP contribution in [0.15, 0.2) is 29.2 Å². The van der Waals surface area contributed by atoms with E-state index in [0.717, 1.165) is 12.0 Å². The van der Waals surface area contributed by atoms with E-state index < -0.39 is 10.0 Å². The van der Waals surface area contributed by atoms with Gasteiger partial charge in [-0.3, -0.25) is 0 Å². The first kappa shape index (κ1) is 15.1. The van der Waals surface area contributed by atoms with Crippen LogP contribution in [0.4, 0.5) is 0 Å². The van der Waals surface area contributed by atoms with Crippen LogP contribution in [0.5, 0.6) is 0 Å². The van der Waals surface area contributed by atoms with Crippen LogP contribution in [-0.2, 0) is 10.0 Å². The summed E-state index contributed by atoms with van der Waals surface area (Å²) in [5, 5.41) is 4.58. The minimum Gasteiger partial charge on any atom is -0.313 e. The molecule has 0 heterocycles. The summed E-state index contributed by atoms with van der Waals surface area (Å²) >= 11 is 0. The second kappa shape index (κ2) is 6.29. The molecule has 102 valence electrons. The second-order valence-corrected chi connectivity index (χ2v) is 5.97. The molecular formula is C12H21N3O2S. The predicted molar refractivity (Wildman–Crippen MR) is 72.5 cm³/mol. The van der Waals surface area contributed by atoms with Crippen molar-refractivity contribution < 1.29 is 8.42 Å². The van der Waals surface area contributed by atoms with Crippen LogP contribution >= 0.6 is 0 Å². The molecule has 1 unspecified atom stereocenters. The van der Waals surface area contributed by atoms with E-state index in [-0.39, 0.29) is 10.9 Å². The van der Waals surface area contributed by atoms with Crippen molar-refractivity contribution in [3.05, 3.63) is 29.8 Å².